The molecule has 82 valence electrons. The van der Waals surface area contributed by atoms with Gasteiger partial charge in [0.2, 0.25) is 0 Å². The van der Waals surface area contributed by atoms with Crippen molar-refractivity contribution in [3.63, 3.8) is 0 Å². The van der Waals surface area contributed by atoms with Gasteiger partial charge in [-0.05, 0) is 24.6 Å². The first-order chi connectivity index (χ1) is 7.00. The number of alkyl halides is 2. The minimum Gasteiger partial charge on any atom is -0.480 e. The van der Waals surface area contributed by atoms with E-state index < -0.39 is 12.4 Å². The summed E-state index contributed by atoms with van der Waals surface area (Å²) in [6.45, 7) is 1.42. The quantitative estimate of drug-likeness (QED) is 0.810. The van der Waals surface area contributed by atoms with Crippen LogP contribution in [0, 0.1) is 6.92 Å². The standard InChI is InChI=1S/C10H11F2NO2/c1-6-4-7(10(11)12)2-3-8(6)13-5-9(14)15/h2-4,10,13H,5H2,1H3,(H,14,15). The average Bonchev–Trinajstić information content (AvgIpc) is 2.15. The maximum absolute atomic E-state index is 12.3. The maximum atomic E-state index is 12.3. The van der Waals surface area contributed by atoms with Crippen LogP contribution in [0.1, 0.15) is 17.6 Å². The van der Waals surface area contributed by atoms with Crippen LogP contribution >= 0.6 is 0 Å². The third-order valence-corrected chi connectivity index (χ3v) is 1.93. The molecule has 3 nitrogen and oxygen atoms in total. The topological polar surface area (TPSA) is 49.3 Å². The highest BCUT2D eigenvalue weighted by atomic mass is 19.3. The molecule has 5 heteroatoms. The summed E-state index contributed by atoms with van der Waals surface area (Å²) in [5.41, 5.74) is 1.10. The van der Waals surface area contributed by atoms with Gasteiger partial charge in [-0.3, -0.25) is 4.79 Å². The van der Waals surface area contributed by atoms with Gasteiger partial charge in [0.25, 0.3) is 6.43 Å². The fourth-order valence-corrected chi connectivity index (χ4v) is 1.19. The number of carboxylic acid groups (broad SMARTS) is 1. The molecule has 1 rings (SSSR count). The van der Waals surface area contributed by atoms with E-state index in [1.165, 1.54) is 18.2 Å². The zero-order valence-corrected chi connectivity index (χ0v) is 8.13. The van der Waals surface area contributed by atoms with Crippen molar-refractivity contribution >= 4 is 11.7 Å². The van der Waals surface area contributed by atoms with E-state index in [0.29, 0.717) is 11.3 Å². The second-order valence-electron chi connectivity index (χ2n) is 3.12. The molecule has 0 aromatic heterocycles. The number of halogens is 2. The zero-order valence-electron chi connectivity index (χ0n) is 8.13. The van der Waals surface area contributed by atoms with Gasteiger partial charge in [-0.2, -0.15) is 0 Å². The maximum Gasteiger partial charge on any atom is 0.322 e. The van der Waals surface area contributed by atoms with Crippen molar-refractivity contribution in [3.8, 4) is 0 Å². The van der Waals surface area contributed by atoms with E-state index >= 15 is 0 Å². The highest BCUT2D eigenvalue weighted by Gasteiger charge is 2.08. The molecule has 0 aliphatic carbocycles. The third kappa shape index (κ3) is 3.19. The molecule has 0 aliphatic heterocycles. The van der Waals surface area contributed by atoms with E-state index in [0.717, 1.165) is 0 Å². The third-order valence-electron chi connectivity index (χ3n) is 1.93. The Labute approximate surface area is 85.7 Å². The van der Waals surface area contributed by atoms with Crippen LogP contribution in [0.15, 0.2) is 18.2 Å². The van der Waals surface area contributed by atoms with Gasteiger partial charge in [-0.1, -0.05) is 6.07 Å². The first kappa shape index (κ1) is 11.4. The first-order valence-corrected chi connectivity index (χ1v) is 4.35. The van der Waals surface area contributed by atoms with Crippen molar-refractivity contribution in [1.82, 2.24) is 0 Å². The van der Waals surface area contributed by atoms with Crippen molar-refractivity contribution in [2.24, 2.45) is 0 Å². The summed E-state index contributed by atoms with van der Waals surface area (Å²) in [4.78, 5) is 10.3. The number of hydrogen-bond acceptors (Lipinski definition) is 2. The highest BCUT2D eigenvalue weighted by Crippen LogP contribution is 2.23. The predicted molar refractivity (Wildman–Crippen MR) is 52.3 cm³/mol. The molecule has 0 amide bonds. The molecule has 0 saturated carbocycles. The van der Waals surface area contributed by atoms with Gasteiger partial charge in [-0.15, -0.1) is 0 Å². The van der Waals surface area contributed by atoms with Gasteiger partial charge in [0.15, 0.2) is 0 Å². The Morgan fingerprint density at radius 2 is 2.20 bits per heavy atom. The Balaban J connectivity index is 2.79. The normalized spacial score (nSPS) is 10.4. The summed E-state index contributed by atoms with van der Waals surface area (Å²) in [6, 6.07) is 4.08. The molecule has 0 radical (unpaired) electrons. The number of anilines is 1. The molecule has 0 aliphatic rings. The molecule has 1 aromatic carbocycles. The van der Waals surface area contributed by atoms with Crippen molar-refractivity contribution in [2.45, 2.75) is 13.3 Å². The van der Waals surface area contributed by atoms with Gasteiger partial charge < -0.3 is 10.4 Å². The lowest BCUT2D eigenvalue weighted by Gasteiger charge is -2.09. The van der Waals surface area contributed by atoms with Crippen LogP contribution in [-0.2, 0) is 4.79 Å². The van der Waals surface area contributed by atoms with Gasteiger partial charge in [0, 0.05) is 11.3 Å². The Hall–Kier alpha value is -1.65. The minimum absolute atomic E-state index is 0.0617. The van der Waals surface area contributed by atoms with Gasteiger partial charge in [-0.25, -0.2) is 8.78 Å². The summed E-state index contributed by atoms with van der Waals surface area (Å²) in [5.74, 6) is -0.993. The lowest BCUT2D eigenvalue weighted by molar-refractivity contribution is -0.134. The number of carbonyl (C=O) groups is 1. The Kier molecular flexibility index (Phi) is 3.60. The second kappa shape index (κ2) is 4.72. The molecule has 0 unspecified atom stereocenters. The molecule has 0 saturated heterocycles. The molecular weight excluding hydrogens is 204 g/mol. The molecule has 0 heterocycles. The van der Waals surface area contributed by atoms with Crippen LogP contribution in [0.5, 0.6) is 0 Å². The smallest absolute Gasteiger partial charge is 0.322 e. The zero-order chi connectivity index (χ0) is 11.4. The number of nitrogens with one attached hydrogen (secondary N) is 1. The van der Waals surface area contributed by atoms with Crippen LogP contribution < -0.4 is 5.32 Å². The Morgan fingerprint density at radius 3 is 2.67 bits per heavy atom. The van der Waals surface area contributed by atoms with Crippen LogP contribution in [0.25, 0.3) is 0 Å². The Morgan fingerprint density at radius 1 is 1.53 bits per heavy atom. The largest absolute Gasteiger partial charge is 0.480 e. The second-order valence-corrected chi connectivity index (χ2v) is 3.12. The number of benzene rings is 1. The molecule has 2 N–H and O–H groups in total. The monoisotopic (exact) mass is 215 g/mol. The average molecular weight is 215 g/mol. The number of carboxylic acids is 1. The van der Waals surface area contributed by atoms with Crippen molar-refractivity contribution in [3.05, 3.63) is 29.3 Å². The molecule has 0 fully saturated rings. The summed E-state index contributed by atoms with van der Waals surface area (Å²) in [5, 5.41) is 11.1. The van der Waals surface area contributed by atoms with E-state index in [4.69, 9.17) is 5.11 Å². The highest BCUT2D eigenvalue weighted by molar-refractivity contribution is 5.73. The molecular formula is C10H11F2NO2. The van der Waals surface area contributed by atoms with Crippen LogP contribution in [0.4, 0.5) is 14.5 Å². The molecule has 15 heavy (non-hydrogen) atoms. The fourth-order valence-electron chi connectivity index (χ4n) is 1.19. The lowest BCUT2D eigenvalue weighted by atomic mass is 10.1. The van der Waals surface area contributed by atoms with E-state index in [2.05, 4.69) is 5.32 Å². The first-order valence-electron chi connectivity index (χ1n) is 4.35. The molecule has 0 bridgehead atoms. The van der Waals surface area contributed by atoms with E-state index in [1.54, 1.807) is 6.92 Å². The number of rotatable bonds is 4. The van der Waals surface area contributed by atoms with E-state index in [9.17, 15) is 13.6 Å². The molecule has 0 atom stereocenters. The SMILES string of the molecule is Cc1cc(C(F)F)ccc1NCC(=O)O. The number of aryl methyl sites for hydroxylation is 1. The van der Waals surface area contributed by atoms with E-state index in [1.807, 2.05) is 0 Å². The molecule has 0 spiro atoms. The van der Waals surface area contributed by atoms with Crippen LogP contribution in [0.3, 0.4) is 0 Å². The fraction of sp³-hybridized carbons (Fsp3) is 0.300. The molecule has 1 aromatic rings. The van der Waals surface area contributed by atoms with Gasteiger partial charge in [0.05, 0.1) is 0 Å². The van der Waals surface area contributed by atoms with Gasteiger partial charge >= 0.3 is 5.97 Å². The summed E-state index contributed by atoms with van der Waals surface area (Å²) < 4.78 is 24.6. The van der Waals surface area contributed by atoms with Crippen molar-refractivity contribution < 1.29 is 18.7 Å². The predicted octanol–water partition coefficient (Wildman–Crippen LogP) is 2.43. The summed E-state index contributed by atoms with van der Waals surface area (Å²) in [7, 11) is 0. The number of hydrogen-bond donors (Lipinski definition) is 2. The lowest BCUT2D eigenvalue weighted by Crippen LogP contribution is -2.13. The number of aliphatic carboxylic acids is 1. The van der Waals surface area contributed by atoms with Gasteiger partial charge in [0.1, 0.15) is 6.54 Å². The van der Waals surface area contributed by atoms with Crippen LogP contribution in [-0.4, -0.2) is 17.6 Å². The van der Waals surface area contributed by atoms with Crippen molar-refractivity contribution in [2.75, 3.05) is 11.9 Å². The van der Waals surface area contributed by atoms with Crippen LogP contribution in [0.2, 0.25) is 0 Å². The van der Waals surface area contributed by atoms with Crippen molar-refractivity contribution in [1.29, 1.82) is 0 Å². The minimum atomic E-state index is -2.50. The summed E-state index contributed by atoms with van der Waals surface area (Å²) in [6.07, 6.45) is -2.50. The summed E-state index contributed by atoms with van der Waals surface area (Å²) >= 11 is 0. The Bertz CT molecular complexity index is 366. The van der Waals surface area contributed by atoms with E-state index in [-0.39, 0.29) is 12.1 Å².